The van der Waals surface area contributed by atoms with E-state index in [9.17, 15) is 13.2 Å². The molecule has 0 unspecified atom stereocenters. The van der Waals surface area contributed by atoms with Crippen LogP contribution in [0.1, 0.15) is 50.2 Å². The average molecular weight is 277 g/mol. The molecule has 1 aliphatic rings. The van der Waals surface area contributed by atoms with Gasteiger partial charge in [-0.05, 0) is 29.9 Å². The first-order valence-electron chi connectivity index (χ1n) is 6.21. The SMILES string of the molecule is CC1(c2cccc(C(F)(F)F)c2Cl)CCCCC1. The molecule has 0 N–H and O–H groups in total. The zero-order chi connectivity index (χ0) is 13.4. The predicted molar refractivity (Wildman–Crippen MR) is 66.9 cm³/mol. The summed E-state index contributed by atoms with van der Waals surface area (Å²) in [5.41, 5.74) is -0.275. The van der Waals surface area contributed by atoms with Gasteiger partial charge in [0.15, 0.2) is 0 Å². The van der Waals surface area contributed by atoms with E-state index in [0.29, 0.717) is 5.56 Å². The minimum absolute atomic E-state index is 0.116. The zero-order valence-electron chi connectivity index (χ0n) is 10.3. The monoisotopic (exact) mass is 276 g/mol. The van der Waals surface area contributed by atoms with E-state index in [1.807, 2.05) is 6.92 Å². The van der Waals surface area contributed by atoms with Crippen LogP contribution in [0, 0.1) is 0 Å². The highest BCUT2D eigenvalue weighted by atomic mass is 35.5. The van der Waals surface area contributed by atoms with Crippen LogP contribution in [0.4, 0.5) is 13.2 Å². The van der Waals surface area contributed by atoms with Gasteiger partial charge in [0.1, 0.15) is 0 Å². The minimum atomic E-state index is -4.38. The number of rotatable bonds is 1. The molecule has 0 aliphatic heterocycles. The molecule has 4 heteroatoms. The molecule has 100 valence electrons. The highest BCUT2D eigenvalue weighted by molar-refractivity contribution is 6.32. The van der Waals surface area contributed by atoms with E-state index >= 15 is 0 Å². The molecule has 0 aromatic heterocycles. The normalized spacial score (nSPS) is 19.8. The van der Waals surface area contributed by atoms with Crippen LogP contribution in [0.15, 0.2) is 18.2 Å². The second kappa shape index (κ2) is 4.76. The Morgan fingerprint density at radius 1 is 1.11 bits per heavy atom. The van der Waals surface area contributed by atoms with Gasteiger partial charge in [-0.3, -0.25) is 0 Å². The van der Waals surface area contributed by atoms with Gasteiger partial charge in [0.2, 0.25) is 0 Å². The molecule has 2 rings (SSSR count). The average Bonchev–Trinajstić information content (AvgIpc) is 2.28. The summed E-state index contributed by atoms with van der Waals surface area (Å²) in [5, 5.41) is -0.116. The van der Waals surface area contributed by atoms with Gasteiger partial charge < -0.3 is 0 Å². The van der Waals surface area contributed by atoms with Crippen molar-refractivity contribution in [3.8, 4) is 0 Å². The number of benzene rings is 1. The molecule has 1 fully saturated rings. The smallest absolute Gasteiger partial charge is 0.166 e. The van der Waals surface area contributed by atoms with Gasteiger partial charge in [-0.25, -0.2) is 0 Å². The van der Waals surface area contributed by atoms with E-state index in [4.69, 9.17) is 11.6 Å². The van der Waals surface area contributed by atoms with Gasteiger partial charge in [0.05, 0.1) is 10.6 Å². The summed E-state index contributed by atoms with van der Waals surface area (Å²) in [4.78, 5) is 0. The quantitative estimate of drug-likeness (QED) is 0.628. The Labute approximate surface area is 110 Å². The first kappa shape index (κ1) is 13.7. The third-order valence-corrected chi connectivity index (χ3v) is 4.32. The van der Waals surface area contributed by atoms with Crippen molar-refractivity contribution in [3.63, 3.8) is 0 Å². The topological polar surface area (TPSA) is 0 Å². The lowest BCUT2D eigenvalue weighted by Gasteiger charge is -2.35. The van der Waals surface area contributed by atoms with Crippen molar-refractivity contribution in [2.45, 2.75) is 50.6 Å². The molecular formula is C14H16ClF3. The maximum absolute atomic E-state index is 12.8. The van der Waals surface area contributed by atoms with Crippen LogP contribution in [-0.4, -0.2) is 0 Å². The molecule has 18 heavy (non-hydrogen) atoms. The van der Waals surface area contributed by atoms with Gasteiger partial charge in [-0.15, -0.1) is 0 Å². The van der Waals surface area contributed by atoms with Crippen molar-refractivity contribution in [3.05, 3.63) is 34.3 Å². The maximum Gasteiger partial charge on any atom is 0.417 e. The molecule has 1 aromatic rings. The Bertz CT molecular complexity index is 431. The van der Waals surface area contributed by atoms with Crippen LogP contribution >= 0.6 is 11.6 Å². The summed E-state index contributed by atoms with van der Waals surface area (Å²) in [6, 6.07) is 4.25. The predicted octanol–water partition coefficient (Wildman–Crippen LogP) is 5.58. The van der Waals surface area contributed by atoms with Gasteiger partial charge >= 0.3 is 6.18 Å². The lowest BCUT2D eigenvalue weighted by molar-refractivity contribution is -0.137. The summed E-state index contributed by atoms with van der Waals surface area (Å²) >= 11 is 6.00. The van der Waals surface area contributed by atoms with E-state index in [-0.39, 0.29) is 10.4 Å². The molecule has 1 aliphatic carbocycles. The van der Waals surface area contributed by atoms with Crippen molar-refractivity contribution >= 4 is 11.6 Å². The Kier molecular flexibility index (Phi) is 3.63. The molecule has 0 radical (unpaired) electrons. The molecule has 1 aromatic carbocycles. The molecule has 0 bridgehead atoms. The Morgan fingerprint density at radius 2 is 1.72 bits per heavy atom. The van der Waals surface area contributed by atoms with E-state index in [2.05, 4.69) is 0 Å². The first-order valence-corrected chi connectivity index (χ1v) is 6.59. The highest BCUT2D eigenvalue weighted by Crippen LogP contribution is 2.45. The van der Waals surface area contributed by atoms with Crippen LogP contribution in [-0.2, 0) is 11.6 Å². The summed E-state index contributed by atoms with van der Waals surface area (Å²) in [6.45, 7) is 2.02. The maximum atomic E-state index is 12.8. The fraction of sp³-hybridized carbons (Fsp3) is 0.571. The van der Waals surface area contributed by atoms with Crippen LogP contribution in [0.25, 0.3) is 0 Å². The van der Waals surface area contributed by atoms with Crippen molar-refractivity contribution in [2.24, 2.45) is 0 Å². The summed E-state index contributed by atoms with van der Waals surface area (Å²) in [5.74, 6) is 0. The van der Waals surface area contributed by atoms with E-state index < -0.39 is 11.7 Å². The lowest BCUT2D eigenvalue weighted by atomic mass is 9.71. The zero-order valence-corrected chi connectivity index (χ0v) is 11.0. The molecule has 0 spiro atoms. The van der Waals surface area contributed by atoms with Crippen LogP contribution in [0.3, 0.4) is 0 Å². The van der Waals surface area contributed by atoms with Crippen molar-refractivity contribution in [1.29, 1.82) is 0 Å². The fourth-order valence-corrected chi connectivity index (χ4v) is 3.28. The van der Waals surface area contributed by atoms with Gasteiger partial charge in [0, 0.05) is 0 Å². The summed E-state index contributed by atoms with van der Waals surface area (Å²) < 4.78 is 38.5. The van der Waals surface area contributed by atoms with Crippen molar-refractivity contribution in [1.82, 2.24) is 0 Å². The summed E-state index contributed by atoms with van der Waals surface area (Å²) in [7, 11) is 0. The van der Waals surface area contributed by atoms with Crippen molar-refractivity contribution < 1.29 is 13.2 Å². The van der Waals surface area contributed by atoms with E-state index in [1.54, 1.807) is 6.07 Å². The summed E-state index contributed by atoms with van der Waals surface area (Å²) in [6.07, 6.45) is 0.721. The van der Waals surface area contributed by atoms with Gasteiger partial charge in [-0.2, -0.15) is 13.2 Å². The number of alkyl halides is 3. The number of hydrogen-bond donors (Lipinski definition) is 0. The van der Waals surface area contributed by atoms with Crippen LogP contribution < -0.4 is 0 Å². The molecule has 0 amide bonds. The molecule has 0 nitrogen and oxygen atoms in total. The Balaban J connectivity index is 2.45. The first-order chi connectivity index (χ1) is 8.34. The van der Waals surface area contributed by atoms with E-state index in [1.165, 1.54) is 6.07 Å². The highest BCUT2D eigenvalue weighted by Gasteiger charge is 2.37. The molecule has 0 atom stereocenters. The van der Waals surface area contributed by atoms with Crippen LogP contribution in [0.2, 0.25) is 5.02 Å². The minimum Gasteiger partial charge on any atom is -0.166 e. The third-order valence-electron chi connectivity index (χ3n) is 3.91. The second-order valence-electron chi connectivity index (χ2n) is 5.29. The standard InChI is InChI=1S/C14H16ClF3/c1-13(8-3-2-4-9-13)10-6-5-7-11(12(10)15)14(16,17)18/h5-7H,2-4,8-9H2,1H3. The lowest BCUT2D eigenvalue weighted by Crippen LogP contribution is -2.26. The fourth-order valence-electron chi connectivity index (χ4n) is 2.82. The molecule has 0 heterocycles. The van der Waals surface area contributed by atoms with E-state index in [0.717, 1.165) is 38.2 Å². The Morgan fingerprint density at radius 3 is 2.28 bits per heavy atom. The molecule has 0 saturated heterocycles. The molecule has 1 saturated carbocycles. The van der Waals surface area contributed by atoms with Gasteiger partial charge in [0.25, 0.3) is 0 Å². The largest absolute Gasteiger partial charge is 0.417 e. The third kappa shape index (κ3) is 2.51. The van der Waals surface area contributed by atoms with Crippen LogP contribution in [0.5, 0.6) is 0 Å². The number of hydrogen-bond acceptors (Lipinski definition) is 0. The molecular weight excluding hydrogens is 261 g/mol. The number of halogens is 4. The Hall–Kier alpha value is -0.700. The van der Waals surface area contributed by atoms with Gasteiger partial charge in [-0.1, -0.05) is 49.9 Å². The van der Waals surface area contributed by atoms with Crippen molar-refractivity contribution in [2.75, 3.05) is 0 Å². The second-order valence-corrected chi connectivity index (χ2v) is 5.66.